The van der Waals surface area contributed by atoms with Crippen LogP contribution in [-0.4, -0.2) is 13.7 Å². The number of benzene rings is 2. The molecule has 1 fully saturated rings. The van der Waals surface area contributed by atoms with Crippen molar-refractivity contribution in [2.45, 2.75) is 24.8 Å². The third kappa shape index (κ3) is 2.22. The Morgan fingerprint density at radius 2 is 1.91 bits per heavy atom. The van der Waals surface area contributed by atoms with Crippen molar-refractivity contribution in [3.8, 4) is 5.75 Å². The second kappa shape index (κ2) is 5.60. The van der Waals surface area contributed by atoms with Gasteiger partial charge in [0.15, 0.2) is 0 Å². The standard InChI is InChI=1S/C19H20ClNO/c1-22-14-7-4-12(5-8-14)18-15-9-6-13(20)11-17(15)19-16(18)3-2-10-21-19/h4-9,11,16,18-19,21H,2-3,10H2,1H3. The monoisotopic (exact) mass is 313 g/mol. The van der Waals surface area contributed by atoms with Crippen LogP contribution < -0.4 is 10.1 Å². The van der Waals surface area contributed by atoms with Gasteiger partial charge in [0, 0.05) is 17.0 Å². The van der Waals surface area contributed by atoms with Crippen LogP contribution >= 0.6 is 11.6 Å². The first-order valence-corrected chi connectivity index (χ1v) is 8.32. The minimum Gasteiger partial charge on any atom is -0.497 e. The highest BCUT2D eigenvalue weighted by molar-refractivity contribution is 6.30. The van der Waals surface area contributed by atoms with Gasteiger partial charge in [-0.1, -0.05) is 29.8 Å². The fourth-order valence-corrected chi connectivity index (χ4v) is 4.36. The first kappa shape index (κ1) is 14.1. The largest absolute Gasteiger partial charge is 0.497 e. The summed E-state index contributed by atoms with van der Waals surface area (Å²) in [5.74, 6) is 1.99. The maximum atomic E-state index is 6.24. The lowest BCUT2D eigenvalue weighted by molar-refractivity contribution is 0.286. The lowest BCUT2D eigenvalue weighted by Gasteiger charge is -2.31. The Morgan fingerprint density at radius 1 is 1.09 bits per heavy atom. The van der Waals surface area contributed by atoms with Crippen molar-refractivity contribution in [2.24, 2.45) is 5.92 Å². The molecule has 1 heterocycles. The Labute approximate surface area is 136 Å². The summed E-state index contributed by atoms with van der Waals surface area (Å²) in [5, 5.41) is 4.54. The van der Waals surface area contributed by atoms with Gasteiger partial charge in [-0.3, -0.25) is 0 Å². The van der Waals surface area contributed by atoms with Gasteiger partial charge in [-0.25, -0.2) is 0 Å². The van der Waals surface area contributed by atoms with Crippen LogP contribution in [0.3, 0.4) is 0 Å². The Bertz CT molecular complexity index is 682. The molecule has 114 valence electrons. The molecule has 0 amide bonds. The van der Waals surface area contributed by atoms with Crippen LogP contribution in [0, 0.1) is 5.92 Å². The summed E-state index contributed by atoms with van der Waals surface area (Å²) in [4.78, 5) is 0. The summed E-state index contributed by atoms with van der Waals surface area (Å²) in [7, 11) is 1.71. The lowest BCUT2D eigenvalue weighted by atomic mass is 9.80. The van der Waals surface area contributed by atoms with Gasteiger partial charge in [0.05, 0.1) is 7.11 Å². The fraction of sp³-hybridized carbons (Fsp3) is 0.368. The highest BCUT2D eigenvalue weighted by atomic mass is 35.5. The van der Waals surface area contributed by atoms with Crippen molar-refractivity contribution >= 4 is 11.6 Å². The van der Waals surface area contributed by atoms with Crippen LogP contribution in [0.4, 0.5) is 0 Å². The molecule has 2 aromatic rings. The van der Waals surface area contributed by atoms with E-state index in [0.717, 1.165) is 17.3 Å². The van der Waals surface area contributed by atoms with Crippen molar-refractivity contribution in [3.05, 3.63) is 64.2 Å². The third-order valence-electron chi connectivity index (χ3n) is 5.13. The molecule has 3 atom stereocenters. The molecule has 2 aromatic carbocycles. The van der Waals surface area contributed by atoms with E-state index in [2.05, 4.69) is 41.7 Å². The number of ether oxygens (including phenoxy) is 1. The number of rotatable bonds is 2. The number of piperidine rings is 1. The second-order valence-corrected chi connectivity index (χ2v) is 6.70. The van der Waals surface area contributed by atoms with Gasteiger partial charge in [0.2, 0.25) is 0 Å². The van der Waals surface area contributed by atoms with Crippen LogP contribution in [0.2, 0.25) is 5.02 Å². The average Bonchev–Trinajstić information content (AvgIpc) is 2.89. The number of methoxy groups -OCH3 is 1. The molecule has 0 bridgehead atoms. The van der Waals surface area contributed by atoms with E-state index in [1.165, 1.54) is 29.5 Å². The SMILES string of the molecule is COc1ccc(C2c3ccc(Cl)cc3C3NCCCC32)cc1. The smallest absolute Gasteiger partial charge is 0.118 e. The minimum absolute atomic E-state index is 0.439. The zero-order chi connectivity index (χ0) is 15.1. The van der Waals surface area contributed by atoms with E-state index in [1.807, 2.05) is 6.07 Å². The minimum atomic E-state index is 0.439. The van der Waals surface area contributed by atoms with Gasteiger partial charge in [0.25, 0.3) is 0 Å². The van der Waals surface area contributed by atoms with Gasteiger partial charge >= 0.3 is 0 Å². The summed E-state index contributed by atoms with van der Waals surface area (Å²) in [6, 6.07) is 15.4. The maximum Gasteiger partial charge on any atom is 0.118 e. The summed E-state index contributed by atoms with van der Waals surface area (Å²) in [5.41, 5.74) is 4.19. The van der Waals surface area contributed by atoms with E-state index in [4.69, 9.17) is 16.3 Å². The van der Waals surface area contributed by atoms with Crippen LogP contribution in [0.15, 0.2) is 42.5 Å². The molecule has 3 unspecified atom stereocenters. The molecule has 1 aliphatic heterocycles. The predicted molar refractivity (Wildman–Crippen MR) is 89.8 cm³/mol. The summed E-state index contributed by atoms with van der Waals surface area (Å²) in [6.07, 6.45) is 2.51. The second-order valence-electron chi connectivity index (χ2n) is 6.26. The summed E-state index contributed by atoms with van der Waals surface area (Å²) in [6.45, 7) is 1.10. The normalized spacial score (nSPS) is 26.4. The fourth-order valence-electron chi connectivity index (χ4n) is 4.18. The molecule has 0 saturated carbocycles. The first-order valence-electron chi connectivity index (χ1n) is 7.94. The van der Waals surface area contributed by atoms with E-state index >= 15 is 0 Å². The van der Waals surface area contributed by atoms with Crippen molar-refractivity contribution in [1.29, 1.82) is 0 Å². The molecule has 0 radical (unpaired) electrons. The molecule has 0 spiro atoms. The Balaban J connectivity index is 1.80. The first-order chi connectivity index (χ1) is 10.8. The quantitative estimate of drug-likeness (QED) is 0.879. The van der Waals surface area contributed by atoms with Crippen molar-refractivity contribution in [1.82, 2.24) is 5.32 Å². The van der Waals surface area contributed by atoms with Crippen LogP contribution in [-0.2, 0) is 0 Å². The van der Waals surface area contributed by atoms with Gasteiger partial charge in [-0.15, -0.1) is 0 Å². The zero-order valence-electron chi connectivity index (χ0n) is 12.7. The van der Waals surface area contributed by atoms with Crippen molar-refractivity contribution < 1.29 is 4.74 Å². The van der Waals surface area contributed by atoms with Crippen LogP contribution in [0.1, 0.15) is 41.5 Å². The van der Waals surface area contributed by atoms with E-state index in [0.29, 0.717) is 17.9 Å². The van der Waals surface area contributed by atoms with Gasteiger partial charge < -0.3 is 10.1 Å². The van der Waals surface area contributed by atoms with Crippen molar-refractivity contribution in [2.75, 3.05) is 13.7 Å². The third-order valence-corrected chi connectivity index (χ3v) is 5.36. The molecule has 4 rings (SSSR count). The predicted octanol–water partition coefficient (Wildman–Crippen LogP) is 4.53. The highest BCUT2D eigenvalue weighted by Crippen LogP contribution is 2.52. The topological polar surface area (TPSA) is 21.3 Å². The maximum absolute atomic E-state index is 6.24. The van der Waals surface area contributed by atoms with Gasteiger partial charge in [0.1, 0.15) is 5.75 Å². The van der Waals surface area contributed by atoms with E-state index in [1.54, 1.807) is 7.11 Å². The molecule has 1 aliphatic carbocycles. The molecule has 3 heteroatoms. The Hall–Kier alpha value is -1.51. The van der Waals surface area contributed by atoms with Crippen molar-refractivity contribution in [3.63, 3.8) is 0 Å². The summed E-state index contributed by atoms with van der Waals surface area (Å²) >= 11 is 6.24. The molecule has 2 nitrogen and oxygen atoms in total. The number of hydrogen-bond acceptors (Lipinski definition) is 2. The zero-order valence-corrected chi connectivity index (χ0v) is 13.4. The number of hydrogen-bond donors (Lipinski definition) is 1. The molecule has 0 aromatic heterocycles. The van der Waals surface area contributed by atoms with Crippen LogP contribution in [0.5, 0.6) is 5.75 Å². The average molecular weight is 314 g/mol. The Morgan fingerprint density at radius 3 is 2.68 bits per heavy atom. The molecule has 2 aliphatic rings. The molecule has 1 saturated heterocycles. The number of fused-ring (bicyclic) bond motifs is 3. The summed E-state index contributed by atoms with van der Waals surface area (Å²) < 4.78 is 5.29. The Kier molecular flexibility index (Phi) is 3.59. The van der Waals surface area contributed by atoms with E-state index in [-0.39, 0.29) is 0 Å². The molecule has 1 N–H and O–H groups in total. The molecular weight excluding hydrogens is 294 g/mol. The van der Waals surface area contributed by atoms with Gasteiger partial charge in [-0.2, -0.15) is 0 Å². The molecule has 22 heavy (non-hydrogen) atoms. The van der Waals surface area contributed by atoms with Gasteiger partial charge in [-0.05, 0) is 66.3 Å². The van der Waals surface area contributed by atoms with E-state index < -0.39 is 0 Å². The highest BCUT2D eigenvalue weighted by Gasteiger charge is 2.42. The van der Waals surface area contributed by atoms with Crippen LogP contribution in [0.25, 0.3) is 0 Å². The molecular formula is C19H20ClNO. The number of nitrogens with one attached hydrogen (secondary N) is 1. The van der Waals surface area contributed by atoms with E-state index in [9.17, 15) is 0 Å². The number of halogens is 1. The lowest BCUT2D eigenvalue weighted by Crippen LogP contribution is -2.32.